The molecule has 0 aliphatic carbocycles. The van der Waals surface area contributed by atoms with Gasteiger partial charge in [0, 0.05) is 24.3 Å². The van der Waals surface area contributed by atoms with Crippen molar-refractivity contribution in [2.75, 3.05) is 42.7 Å². The number of morpholine rings is 1. The molecule has 2 saturated heterocycles. The molecule has 2 fully saturated rings. The summed E-state index contributed by atoms with van der Waals surface area (Å²) in [5, 5.41) is 2.87. The summed E-state index contributed by atoms with van der Waals surface area (Å²) in [4.78, 5) is 14.6. The van der Waals surface area contributed by atoms with E-state index in [4.69, 9.17) is 4.74 Å². The molecular weight excluding hydrogens is 316 g/mol. The Bertz CT molecular complexity index is 681. The van der Waals surface area contributed by atoms with Gasteiger partial charge in [-0.25, -0.2) is 8.42 Å². The van der Waals surface area contributed by atoms with E-state index in [-0.39, 0.29) is 17.4 Å². The van der Waals surface area contributed by atoms with Crippen molar-refractivity contribution in [3.63, 3.8) is 0 Å². The molecule has 1 unspecified atom stereocenters. The lowest BCUT2D eigenvalue weighted by Crippen LogP contribution is -2.46. The molecule has 2 aliphatic heterocycles. The maximum Gasteiger partial charge on any atom is 0.251 e. The molecule has 0 aromatic heterocycles. The quantitative estimate of drug-likeness (QED) is 0.883. The predicted octanol–water partition coefficient (Wildman–Crippen LogP) is 0.830. The highest BCUT2D eigenvalue weighted by molar-refractivity contribution is 7.91. The first kappa shape index (κ1) is 16.3. The normalized spacial score (nSPS) is 26.9. The van der Waals surface area contributed by atoms with Crippen LogP contribution >= 0.6 is 0 Å². The molecule has 2 heterocycles. The van der Waals surface area contributed by atoms with Crippen molar-refractivity contribution in [1.29, 1.82) is 0 Å². The lowest BCUT2D eigenvalue weighted by atomic mass is 10.0. The molecule has 1 amide bonds. The average molecular weight is 338 g/mol. The SMILES string of the molecule is CC1(NC(=O)c2ccc(N3CCOCC3)cc2)CCS(=O)(=O)C1. The molecule has 23 heavy (non-hydrogen) atoms. The summed E-state index contributed by atoms with van der Waals surface area (Å²) in [5.74, 6) is -0.0738. The van der Waals surface area contributed by atoms with E-state index in [1.54, 1.807) is 19.1 Å². The zero-order valence-corrected chi connectivity index (χ0v) is 14.1. The lowest BCUT2D eigenvalue weighted by molar-refractivity contribution is 0.0915. The van der Waals surface area contributed by atoms with Crippen molar-refractivity contribution in [2.45, 2.75) is 18.9 Å². The van der Waals surface area contributed by atoms with Crippen molar-refractivity contribution in [2.24, 2.45) is 0 Å². The summed E-state index contributed by atoms with van der Waals surface area (Å²) >= 11 is 0. The van der Waals surface area contributed by atoms with Crippen molar-refractivity contribution in [3.8, 4) is 0 Å². The number of sulfone groups is 1. The van der Waals surface area contributed by atoms with Crippen molar-refractivity contribution >= 4 is 21.4 Å². The standard InChI is InChI=1S/C16H22N2O4S/c1-16(6-11-23(20,21)12-16)17-15(19)13-2-4-14(5-3-13)18-7-9-22-10-8-18/h2-5H,6-12H2,1H3,(H,17,19). The van der Waals surface area contributed by atoms with E-state index >= 15 is 0 Å². The third-order valence-electron chi connectivity index (χ3n) is 4.42. The van der Waals surface area contributed by atoms with Gasteiger partial charge in [-0.2, -0.15) is 0 Å². The van der Waals surface area contributed by atoms with E-state index in [0.717, 1.165) is 32.0 Å². The Hall–Kier alpha value is -1.60. The second-order valence-corrected chi connectivity index (χ2v) is 8.69. The fraction of sp³-hybridized carbons (Fsp3) is 0.562. The van der Waals surface area contributed by atoms with Gasteiger partial charge in [-0.3, -0.25) is 4.79 Å². The molecular formula is C16H22N2O4S. The van der Waals surface area contributed by atoms with Gasteiger partial charge in [0.25, 0.3) is 5.91 Å². The van der Waals surface area contributed by atoms with E-state index < -0.39 is 15.4 Å². The molecule has 0 radical (unpaired) electrons. The van der Waals surface area contributed by atoms with Crippen LogP contribution in [0.2, 0.25) is 0 Å². The summed E-state index contributed by atoms with van der Waals surface area (Å²) in [6.45, 7) is 4.92. The first-order chi connectivity index (χ1) is 10.9. The Morgan fingerprint density at radius 1 is 1.22 bits per heavy atom. The smallest absolute Gasteiger partial charge is 0.251 e. The molecule has 1 aromatic rings. The number of nitrogens with one attached hydrogen (secondary N) is 1. The van der Waals surface area contributed by atoms with Gasteiger partial charge in [-0.15, -0.1) is 0 Å². The van der Waals surface area contributed by atoms with Gasteiger partial charge in [-0.1, -0.05) is 0 Å². The molecule has 2 aliphatic rings. The maximum absolute atomic E-state index is 12.4. The Labute approximate surface area is 136 Å². The van der Waals surface area contributed by atoms with Gasteiger partial charge >= 0.3 is 0 Å². The minimum atomic E-state index is -3.04. The molecule has 1 atom stereocenters. The van der Waals surface area contributed by atoms with E-state index in [0.29, 0.717) is 12.0 Å². The van der Waals surface area contributed by atoms with Crippen LogP contribution in [-0.4, -0.2) is 57.7 Å². The van der Waals surface area contributed by atoms with Crippen molar-refractivity contribution in [3.05, 3.63) is 29.8 Å². The second-order valence-electron chi connectivity index (χ2n) is 6.50. The zero-order chi connectivity index (χ0) is 16.5. The first-order valence-electron chi connectivity index (χ1n) is 7.83. The largest absolute Gasteiger partial charge is 0.378 e. The number of rotatable bonds is 3. The number of anilines is 1. The fourth-order valence-corrected chi connectivity index (χ4v) is 5.19. The second kappa shape index (κ2) is 6.13. The molecule has 0 spiro atoms. The lowest BCUT2D eigenvalue weighted by Gasteiger charge is -2.29. The average Bonchev–Trinajstić information content (AvgIpc) is 2.81. The van der Waals surface area contributed by atoms with Crippen LogP contribution in [0.15, 0.2) is 24.3 Å². The highest BCUT2D eigenvalue weighted by Gasteiger charge is 2.39. The number of ether oxygens (including phenoxy) is 1. The van der Waals surface area contributed by atoms with Gasteiger partial charge in [0.15, 0.2) is 9.84 Å². The third-order valence-corrected chi connectivity index (χ3v) is 6.33. The topological polar surface area (TPSA) is 75.7 Å². The Morgan fingerprint density at radius 2 is 1.87 bits per heavy atom. The Balaban J connectivity index is 1.66. The van der Waals surface area contributed by atoms with Crippen LogP contribution < -0.4 is 10.2 Å². The Morgan fingerprint density at radius 3 is 2.43 bits per heavy atom. The molecule has 6 nitrogen and oxygen atoms in total. The van der Waals surface area contributed by atoms with Crippen molar-refractivity contribution in [1.82, 2.24) is 5.32 Å². The van der Waals surface area contributed by atoms with E-state index in [1.807, 2.05) is 12.1 Å². The van der Waals surface area contributed by atoms with Gasteiger partial charge < -0.3 is 15.0 Å². The highest BCUT2D eigenvalue weighted by atomic mass is 32.2. The van der Waals surface area contributed by atoms with Gasteiger partial charge in [0.05, 0.1) is 30.3 Å². The summed E-state index contributed by atoms with van der Waals surface area (Å²) in [6, 6.07) is 7.42. The molecule has 126 valence electrons. The van der Waals surface area contributed by atoms with Crippen LogP contribution in [0.5, 0.6) is 0 Å². The zero-order valence-electron chi connectivity index (χ0n) is 13.2. The molecule has 0 bridgehead atoms. The number of amides is 1. The maximum atomic E-state index is 12.4. The number of nitrogens with zero attached hydrogens (tertiary/aromatic N) is 1. The fourth-order valence-electron chi connectivity index (χ4n) is 3.10. The minimum absolute atomic E-state index is 0.0115. The van der Waals surface area contributed by atoms with E-state index in [2.05, 4.69) is 10.2 Å². The van der Waals surface area contributed by atoms with Crippen LogP contribution in [0.1, 0.15) is 23.7 Å². The summed E-state index contributed by atoms with van der Waals surface area (Å²) < 4.78 is 28.6. The number of hydrogen-bond acceptors (Lipinski definition) is 5. The molecule has 7 heteroatoms. The number of hydrogen-bond donors (Lipinski definition) is 1. The highest BCUT2D eigenvalue weighted by Crippen LogP contribution is 2.24. The van der Waals surface area contributed by atoms with E-state index in [9.17, 15) is 13.2 Å². The Kier molecular flexibility index (Phi) is 4.33. The molecule has 3 rings (SSSR count). The third kappa shape index (κ3) is 3.84. The predicted molar refractivity (Wildman–Crippen MR) is 88.6 cm³/mol. The van der Waals surface area contributed by atoms with Crippen LogP contribution in [0.25, 0.3) is 0 Å². The van der Waals surface area contributed by atoms with Crippen molar-refractivity contribution < 1.29 is 17.9 Å². The monoisotopic (exact) mass is 338 g/mol. The number of carbonyl (C=O) groups is 1. The van der Waals surface area contributed by atoms with E-state index in [1.165, 1.54) is 0 Å². The van der Waals surface area contributed by atoms with Crippen LogP contribution in [0.3, 0.4) is 0 Å². The molecule has 1 aromatic carbocycles. The summed E-state index contributed by atoms with van der Waals surface area (Å²) in [6.07, 6.45) is 0.465. The molecule has 1 N–H and O–H groups in total. The number of carbonyl (C=O) groups excluding carboxylic acids is 1. The summed E-state index contributed by atoms with van der Waals surface area (Å²) in [5.41, 5.74) is 0.950. The van der Waals surface area contributed by atoms with Gasteiger partial charge in [-0.05, 0) is 37.6 Å². The number of benzene rings is 1. The van der Waals surface area contributed by atoms with Crippen LogP contribution in [0, 0.1) is 0 Å². The van der Waals surface area contributed by atoms with Gasteiger partial charge in [0.2, 0.25) is 0 Å². The van der Waals surface area contributed by atoms with Crippen LogP contribution in [-0.2, 0) is 14.6 Å². The first-order valence-corrected chi connectivity index (χ1v) is 9.65. The van der Waals surface area contributed by atoms with Crippen LogP contribution in [0.4, 0.5) is 5.69 Å². The van der Waals surface area contributed by atoms with Gasteiger partial charge in [0.1, 0.15) is 0 Å². The summed E-state index contributed by atoms with van der Waals surface area (Å²) in [7, 11) is -3.04. The molecule has 0 saturated carbocycles. The minimum Gasteiger partial charge on any atom is -0.378 e.